The summed E-state index contributed by atoms with van der Waals surface area (Å²) in [7, 11) is 0. The lowest BCUT2D eigenvalue weighted by atomic mass is 10.2. The number of rotatable bonds is 4. The van der Waals surface area contributed by atoms with Gasteiger partial charge in [0, 0.05) is 16.9 Å². The molecule has 1 aromatic carbocycles. The molecule has 9 heteroatoms. The lowest BCUT2D eigenvalue weighted by Gasteiger charge is -2.09. The van der Waals surface area contributed by atoms with Crippen LogP contribution in [0.4, 0.5) is 18.9 Å². The molecule has 0 bridgehead atoms. The summed E-state index contributed by atoms with van der Waals surface area (Å²) < 4.78 is 37.4. The second-order valence-electron chi connectivity index (χ2n) is 4.99. The molecule has 0 aliphatic carbocycles. The molecule has 0 fully saturated rings. The predicted molar refractivity (Wildman–Crippen MR) is 85.1 cm³/mol. The summed E-state index contributed by atoms with van der Waals surface area (Å²) in [6, 6.07) is 4.15. The van der Waals surface area contributed by atoms with Crippen LogP contribution in [0.15, 0.2) is 34.2 Å². The fourth-order valence-corrected chi connectivity index (χ4v) is 2.47. The Morgan fingerprint density at radius 3 is 2.42 bits per heavy atom. The maximum absolute atomic E-state index is 12.5. The third kappa shape index (κ3) is 4.60. The van der Waals surface area contributed by atoms with E-state index in [4.69, 9.17) is 0 Å². The van der Waals surface area contributed by atoms with E-state index in [-0.39, 0.29) is 17.0 Å². The van der Waals surface area contributed by atoms with Crippen molar-refractivity contribution >= 4 is 23.4 Å². The standard InChI is InChI=1S/C15H14F3N3O2S/c1-8-9(2)19-14(21-13(8)23)24-7-12(22)20-11-5-3-10(4-6-11)15(16,17)18/h3-6H,7H2,1-2H3,(H,20,22)(H,19,21,23). The van der Waals surface area contributed by atoms with Crippen molar-refractivity contribution in [2.75, 3.05) is 11.1 Å². The minimum absolute atomic E-state index is 0.0353. The second-order valence-corrected chi connectivity index (χ2v) is 5.96. The average molecular weight is 357 g/mol. The quantitative estimate of drug-likeness (QED) is 0.651. The Balaban J connectivity index is 1.95. The Kier molecular flexibility index (Phi) is 5.33. The first-order valence-corrected chi connectivity index (χ1v) is 7.83. The molecule has 2 aromatic rings. The van der Waals surface area contributed by atoms with Gasteiger partial charge in [-0.25, -0.2) is 4.98 Å². The molecule has 1 amide bonds. The van der Waals surface area contributed by atoms with Crippen LogP contribution in [0.25, 0.3) is 0 Å². The van der Waals surface area contributed by atoms with Crippen LogP contribution in [0.3, 0.4) is 0 Å². The van der Waals surface area contributed by atoms with E-state index in [1.54, 1.807) is 13.8 Å². The van der Waals surface area contributed by atoms with Gasteiger partial charge in [0.05, 0.1) is 11.3 Å². The van der Waals surface area contributed by atoms with Crippen molar-refractivity contribution in [2.45, 2.75) is 25.2 Å². The molecule has 2 rings (SSSR count). The van der Waals surface area contributed by atoms with Crippen LogP contribution in [0, 0.1) is 13.8 Å². The third-order valence-corrected chi connectivity index (χ3v) is 4.08. The van der Waals surface area contributed by atoms with E-state index in [1.807, 2.05) is 0 Å². The Morgan fingerprint density at radius 1 is 1.25 bits per heavy atom. The highest BCUT2D eigenvalue weighted by Crippen LogP contribution is 2.29. The van der Waals surface area contributed by atoms with Crippen molar-refractivity contribution in [1.29, 1.82) is 0 Å². The lowest BCUT2D eigenvalue weighted by molar-refractivity contribution is -0.137. The molecule has 0 atom stereocenters. The van der Waals surface area contributed by atoms with Crippen molar-refractivity contribution in [1.82, 2.24) is 9.97 Å². The summed E-state index contributed by atoms with van der Waals surface area (Å²) in [6.45, 7) is 3.34. The molecule has 24 heavy (non-hydrogen) atoms. The number of aromatic nitrogens is 2. The normalized spacial score (nSPS) is 11.4. The van der Waals surface area contributed by atoms with Crippen molar-refractivity contribution in [3.63, 3.8) is 0 Å². The van der Waals surface area contributed by atoms with Gasteiger partial charge in [0.2, 0.25) is 5.91 Å². The zero-order chi connectivity index (χ0) is 17.9. The van der Waals surface area contributed by atoms with Crippen LogP contribution >= 0.6 is 11.8 Å². The van der Waals surface area contributed by atoms with Gasteiger partial charge >= 0.3 is 6.18 Å². The summed E-state index contributed by atoms with van der Waals surface area (Å²) in [6.07, 6.45) is -4.42. The number of anilines is 1. The van der Waals surface area contributed by atoms with Gasteiger partial charge in [0.15, 0.2) is 5.16 Å². The van der Waals surface area contributed by atoms with Crippen LogP contribution in [0.1, 0.15) is 16.8 Å². The number of thioether (sulfide) groups is 1. The number of hydrogen-bond donors (Lipinski definition) is 2. The molecule has 128 valence electrons. The molecule has 5 nitrogen and oxygen atoms in total. The summed E-state index contributed by atoms with van der Waals surface area (Å²) >= 11 is 1.03. The van der Waals surface area contributed by atoms with E-state index in [1.165, 1.54) is 12.1 Å². The number of amides is 1. The van der Waals surface area contributed by atoms with Crippen LogP contribution in [-0.2, 0) is 11.0 Å². The molecule has 1 aromatic heterocycles. The molecule has 0 unspecified atom stereocenters. The fourth-order valence-electron chi connectivity index (χ4n) is 1.76. The van der Waals surface area contributed by atoms with Gasteiger partial charge in [0.1, 0.15) is 0 Å². The Bertz CT molecular complexity index is 801. The van der Waals surface area contributed by atoms with Crippen LogP contribution in [0.5, 0.6) is 0 Å². The summed E-state index contributed by atoms with van der Waals surface area (Å²) in [5, 5.41) is 2.80. The molecular formula is C15H14F3N3O2S. The van der Waals surface area contributed by atoms with Gasteiger partial charge in [-0.3, -0.25) is 9.59 Å². The van der Waals surface area contributed by atoms with Crippen molar-refractivity contribution in [2.24, 2.45) is 0 Å². The highest BCUT2D eigenvalue weighted by atomic mass is 32.2. The molecule has 1 heterocycles. The van der Waals surface area contributed by atoms with Gasteiger partial charge < -0.3 is 10.3 Å². The van der Waals surface area contributed by atoms with Gasteiger partial charge in [-0.05, 0) is 38.1 Å². The van der Waals surface area contributed by atoms with Gasteiger partial charge in [-0.2, -0.15) is 13.2 Å². The maximum atomic E-state index is 12.5. The number of carbonyl (C=O) groups excluding carboxylic acids is 1. The number of nitrogens with one attached hydrogen (secondary N) is 2. The number of alkyl halides is 3. The fraction of sp³-hybridized carbons (Fsp3) is 0.267. The van der Waals surface area contributed by atoms with Crippen LogP contribution < -0.4 is 10.9 Å². The monoisotopic (exact) mass is 357 g/mol. The largest absolute Gasteiger partial charge is 0.416 e. The van der Waals surface area contributed by atoms with E-state index in [2.05, 4.69) is 15.3 Å². The number of nitrogens with zero attached hydrogens (tertiary/aromatic N) is 1. The minimum atomic E-state index is -4.42. The smallest absolute Gasteiger partial charge is 0.325 e. The van der Waals surface area contributed by atoms with Gasteiger partial charge in [-0.15, -0.1) is 0 Å². The van der Waals surface area contributed by atoms with E-state index in [9.17, 15) is 22.8 Å². The first-order chi connectivity index (χ1) is 11.2. The zero-order valence-corrected chi connectivity index (χ0v) is 13.6. The topological polar surface area (TPSA) is 74.8 Å². The van der Waals surface area contributed by atoms with E-state index in [0.717, 1.165) is 23.9 Å². The third-order valence-electron chi connectivity index (χ3n) is 3.21. The number of aryl methyl sites for hydroxylation is 1. The summed E-state index contributed by atoms with van der Waals surface area (Å²) in [4.78, 5) is 30.1. The van der Waals surface area contributed by atoms with Crippen molar-refractivity contribution in [3.05, 3.63) is 51.4 Å². The number of hydrogen-bond acceptors (Lipinski definition) is 4. The Hall–Kier alpha value is -2.29. The van der Waals surface area contributed by atoms with E-state index >= 15 is 0 Å². The SMILES string of the molecule is Cc1nc(SCC(=O)Nc2ccc(C(F)(F)F)cc2)[nH]c(=O)c1C. The molecule has 0 aliphatic rings. The molecule has 0 aliphatic heterocycles. The molecule has 0 saturated carbocycles. The molecule has 0 radical (unpaired) electrons. The number of aromatic amines is 1. The highest BCUT2D eigenvalue weighted by molar-refractivity contribution is 7.99. The average Bonchev–Trinajstić information content (AvgIpc) is 2.50. The highest BCUT2D eigenvalue weighted by Gasteiger charge is 2.29. The van der Waals surface area contributed by atoms with Crippen molar-refractivity contribution in [3.8, 4) is 0 Å². The maximum Gasteiger partial charge on any atom is 0.416 e. The van der Waals surface area contributed by atoms with Crippen molar-refractivity contribution < 1.29 is 18.0 Å². The van der Waals surface area contributed by atoms with Crippen LogP contribution in [-0.4, -0.2) is 21.6 Å². The number of H-pyrrole nitrogens is 1. The lowest BCUT2D eigenvalue weighted by Crippen LogP contribution is -2.17. The predicted octanol–water partition coefficient (Wildman–Crippen LogP) is 3.14. The van der Waals surface area contributed by atoms with Gasteiger partial charge in [0.25, 0.3) is 5.56 Å². The molecular weight excluding hydrogens is 343 g/mol. The Morgan fingerprint density at radius 2 is 1.88 bits per heavy atom. The summed E-state index contributed by atoms with van der Waals surface area (Å²) in [5.74, 6) is -0.451. The van der Waals surface area contributed by atoms with Crippen LogP contribution in [0.2, 0.25) is 0 Å². The second kappa shape index (κ2) is 7.08. The molecule has 0 spiro atoms. The first kappa shape index (κ1) is 18.1. The van der Waals surface area contributed by atoms with Gasteiger partial charge in [-0.1, -0.05) is 11.8 Å². The molecule has 0 saturated heterocycles. The first-order valence-electron chi connectivity index (χ1n) is 6.84. The zero-order valence-electron chi connectivity index (χ0n) is 12.8. The molecule has 2 N–H and O–H groups in total. The number of carbonyl (C=O) groups is 1. The number of halogens is 3. The summed E-state index contributed by atoms with van der Waals surface area (Å²) in [5.41, 5.74) is 0.285. The van der Waals surface area contributed by atoms with E-state index in [0.29, 0.717) is 16.4 Å². The number of benzene rings is 1. The van der Waals surface area contributed by atoms with E-state index < -0.39 is 17.6 Å². The Labute approximate surface area is 139 Å². The minimum Gasteiger partial charge on any atom is -0.325 e.